The van der Waals surface area contributed by atoms with Gasteiger partial charge in [-0.25, -0.2) is 4.98 Å². The topological polar surface area (TPSA) is 68.3 Å². The summed E-state index contributed by atoms with van der Waals surface area (Å²) in [6.07, 6.45) is 0.0542. The molecule has 0 radical (unpaired) electrons. The molecule has 3 aromatic rings. The van der Waals surface area contributed by atoms with Gasteiger partial charge in [0.2, 0.25) is 0 Å². The number of rotatable bonds is 6. The highest BCUT2D eigenvalue weighted by Crippen LogP contribution is 2.27. The molecule has 1 N–H and O–H groups in total. The van der Waals surface area contributed by atoms with Gasteiger partial charge in [-0.2, -0.15) is 0 Å². The number of thiazole rings is 1. The maximum Gasteiger partial charge on any atom is 0.312 e. The van der Waals surface area contributed by atoms with Crippen molar-refractivity contribution in [3.8, 4) is 9.88 Å². The number of carbonyl (C=O) groups excluding carboxylic acids is 2. The summed E-state index contributed by atoms with van der Waals surface area (Å²) in [7, 11) is 0. The average molecular weight is 386 g/mol. The van der Waals surface area contributed by atoms with E-state index in [1.54, 1.807) is 11.3 Å². The highest BCUT2D eigenvalue weighted by atomic mass is 32.1. The van der Waals surface area contributed by atoms with Gasteiger partial charge < -0.3 is 10.1 Å². The van der Waals surface area contributed by atoms with E-state index in [2.05, 4.69) is 10.3 Å². The molecule has 7 heteroatoms. The molecule has 0 aliphatic rings. The standard InChI is InChI=1S/C19H18N2O3S2/c1-12-5-3-6-15(13(12)2)21-17(22)10-24-18(23)9-14-11-26-19(20-14)16-7-4-8-25-16/h3-8,11H,9-10H2,1-2H3,(H,21,22). The fourth-order valence-corrected chi connectivity index (χ4v) is 3.95. The molecule has 0 fully saturated rings. The van der Waals surface area contributed by atoms with Crippen LogP contribution < -0.4 is 5.32 Å². The lowest BCUT2D eigenvalue weighted by molar-refractivity contribution is -0.146. The predicted molar refractivity (Wildman–Crippen MR) is 105 cm³/mol. The second-order valence-electron chi connectivity index (χ2n) is 5.75. The van der Waals surface area contributed by atoms with E-state index in [4.69, 9.17) is 4.74 Å². The van der Waals surface area contributed by atoms with Crippen LogP contribution in [0.2, 0.25) is 0 Å². The summed E-state index contributed by atoms with van der Waals surface area (Å²) in [5.74, 6) is -0.825. The Morgan fingerprint density at radius 3 is 2.77 bits per heavy atom. The van der Waals surface area contributed by atoms with Crippen molar-refractivity contribution in [1.29, 1.82) is 0 Å². The first-order valence-electron chi connectivity index (χ1n) is 8.03. The number of nitrogens with one attached hydrogen (secondary N) is 1. The third-order valence-corrected chi connectivity index (χ3v) is 5.78. The average Bonchev–Trinajstić information content (AvgIpc) is 3.28. The Morgan fingerprint density at radius 1 is 1.15 bits per heavy atom. The van der Waals surface area contributed by atoms with Crippen molar-refractivity contribution in [3.63, 3.8) is 0 Å². The Balaban J connectivity index is 1.49. The fraction of sp³-hybridized carbons (Fsp3) is 0.211. The summed E-state index contributed by atoms with van der Waals surface area (Å²) in [5.41, 5.74) is 3.46. The summed E-state index contributed by atoms with van der Waals surface area (Å²) >= 11 is 3.09. The number of nitrogens with zero attached hydrogens (tertiary/aromatic N) is 1. The number of ether oxygens (including phenoxy) is 1. The van der Waals surface area contributed by atoms with Crippen molar-refractivity contribution in [3.05, 3.63) is 57.9 Å². The second-order valence-corrected chi connectivity index (χ2v) is 7.56. The molecule has 1 aromatic carbocycles. The molecule has 0 unspecified atom stereocenters. The summed E-state index contributed by atoms with van der Waals surface area (Å²) in [6.45, 7) is 3.60. The zero-order valence-electron chi connectivity index (χ0n) is 14.4. The normalized spacial score (nSPS) is 10.5. The Hall–Kier alpha value is -2.51. The van der Waals surface area contributed by atoms with Crippen LogP contribution in [0, 0.1) is 13.8 Å². The first-order chi connectivity index (χ1) is 12.5. The molecule has 2 heterocycles. The van der Waals surface area contributed by atoms with Gasteiger partial charge >= 0.3 is 5.97 Å². The number of aryl methyl sites for hydroxylation is 1. The van der Waals surface area contributed by atoms with Gasteiger partial charge in [0, 0.05) is 11.1 Å². The Kier molecular flexibility index (Phi) is 5.80. The van der Waals surface area contributed by atoms with E-state index < -0.39 is 5.97 Å². The van der Waals surface area contributed by atoms with Crippen LogP contribution in [0.15, 0.2) is 41.1 Å². The van der Waals surface area contributed by atoms with E-state index in [1.807, 2.05) is 54.9 Å². The Labute approximate surface area is 159 Å². The largest absolute Gasteiger partial charge is 0.455 e. The van der Waals surface area contributed by atoms with Crippen LogP contribution in [0.1, 0.15) is 16.8 Å². The number of esters is 1. The number of anilines is 1. The van der Waals surface area contributed by atoms with Crippen molar-refractivity contribution in [2.24, 2.45) is 0 Å². The first-order valence-corrected chi connectivity index (χ1v) is 9.79. The van der Waals surface area contributed by atoms with Gasteiger partial charge in [0.1, 0.15) is 5.01 Å². The van der Waals surface area contributed by atoms with Crippen LogP contribution in [0.25, 0.3) is 9.88 Å². The van der Waals surface area contributed by atoms with Gasteiger partial charge in [-0.05, 0) is 42.5 Å². The Morgan fingerprint density at radius 2 is 2.00 bits per heavy atom. The van der Waals surface area contributed by atoms with E-state index >= 15 is 0 Å². The quantitative estimate of drug-likeness (QED) is 0.644. The molecule has 1 amide bonds. The van der Waals surface area contributed by atoms with Gasteiger partial charge in [0.15, 0.2) is 6.61 Å². The minimum atomic E-state index is -0.468. The molecule has 134 valence electrons. The molecule has 2 aromatic heterocycles. The minimum Gasteiger partial charge on any atom is -0.455 e. The van der Waals surface area contributed by atoms with Crippen LogP contribution in [0.3, 0.4) is 0 Å². The number of amides is 1. The molecule has 0 aliphatic heterocycles. The molecule has 0 atom stereocenters. The van der Waals surface area contributed by atoms with Crippen molar-refractivity contribution < 1.29 is 14.3 Å². The van der Waals surface area contributed by atoms with E-state index in [-0.39, 0.29) is 18.9 Å². The molecule has 0 spiro atoms. The number of hydrogen-bond acceptors (Lipinski definition) is 6. The molecular weight excluding hydrogens is 368 g/mol. The zero-order valence-corrected chi connectivity index (χ0v) is 16.1. The number of carbonyl (C=O) groups is 2. The van der Waals surface area contributed by atoms with Crippen molar-refractivity contribution in [1.82, 2.24) is 4.98 Å². The maximum absolute atomic E-state index is 12.0. The van der Waals surface area contributed by atoms with Gasteiger partial charge in [0.05, 0.1) is 17.0 Å². The third kappa shape index (κ3) is 4.56. The predicted octanol–water partition coefficient (Wildman–Crippen LogP) is 4.21. The number of thiophene rings is 1. The van der Waals surface area contributed by atoms with Gasteiger partial charge in [-0.3, -0.25) is 9.59 Å². The van der Waals surface area contributed by atoms with Gasteiger partial charge in [-0.1, -0.05) is 18.2 Å². The van der Waals surface area contributed by atoms with Gasteiger partial charge in [0.25, 0.3) is 5.91 Å². The van der Waals surface area contributed by atoms with Crippen LogP contribution in [-0.4, -0.2) is 23.5 Å². The monoisotopic (exact) mass is 386 g/mol. The summed E-state index contributed by atoms with van der Waals surface area (Å²) < 4.78 is 5.07. The minimum absolute atomic E-state index is 0.0542. The zero-order chi connectivity index (χ0) is 18.5. The fourth-order valence-electron chi connectivity index (χ4n) is 2.32. The van der Waals surface area contributed by atoms with Crippen LogP contribution in [0.4, 0.5) is 5.69 Å². The molecule has 26 heavy (non-hydrogen) atoms. The lowest BCUT2D eigenvalue weighted by atomic mass is 10.1. The number of hydrogen-bond donors (Lipinski definition) is 1. The SMILES string of the molecule is Cc1cccc(NC(=O)COC(=O)Cc2csc(-c3cccs3)n2)c1C. The van der Waals surface area contributed by atoms with Gasteiger partial charge in [-0.15, -0.1) is 22.7 Å². The number of benzene rings is 1. The van der Waals surface area contributed by atoms with E-state index in [0.717, 1.165) is 26.7 Å². The molecule has 0 bridgehead atoms. The van der Waals surface area contributed by atoms with Crippen molar-refractivity contribution >= 4 is 40.2 Å². The second kappa shape index (κ2) is 8.25. The lowest BCUT2D eigenvalue weighted by Gasteiger charge is -2.10. The van der Waals surface area contributed by atoms with Crippen molar-refractivity contribution in [2.45, 2.75) is 20.3 Å². The highest BCUT2D eigenvalue weighted by Gasteiger charge is 2.13. The molecule has 0 saturated carbocycles. The van der Waals surface area contributed by atoms with Crippen LogP contribution in [-0.2, 0) is 20.7 Å². The van der Waals surface area contributed by atoms with E-state index in [1.165, 1.54) is 11.3 Å². The third-order valence-electron chi connectivity index (χ3n) is 3.85. The molecular formula is C19H18N2O3S2. The van der Waals surface area contributed by atoms with E-state index in [9.17, 15) is 9.59 Å². The summed E-state index contributed by atoms with van der Waals surface area (Å²) in [4.78, 5) is 29.5. The smallest absolute Gasteiger partial charge is 0.312 e. The molecule has 0 saturated heterocycles. The maximum atomic E-state index is 12.0. The number of aromatic nitrogens is 1. The molecule has 0 aliphatic carbocycles. The molecule has 5 nitrogen and oxygen atoms in total. The summed E-state index contributed by atoms with van der Waals surface area (Å²) in [5, 5.41) is 7.47. The van der Waals surface area contributed by atoms with Crippen LogP contribution in [0.5, 0.6) is 0 Å². The Bertz CT molecular complexity index is 917. The molecule has 3 rings (SSSR count). The summed E-state index contributed by atoms with van der Waals surface area (Å²) in [6, 6.07) is 9.62. The van der Waals surface area contributed by atoms with Crippen molar-refractivity contribution in [2.75, 3.05) is 11.9 Å². The van der Waals surface area contributed by atoms with E-state index in [0.29, 0.717) is 5.69 Å². The highest BCUT2D eigenvalue weighted by molar-refractivity contribution is 7.20. The first kappa shape index (κ1) is 18.3. The van der Waals surface area contributed by atoms with Crippen LogP contribution >= 0.6 is 22.7 Å². The lowest BCUT2D eigenvalue weighted by Crippen LogP contribution is -2.22.